The number of fused-ring (bicyclic) bond motifs is 5. The van der Waals surface area contributed by atoms with E-state index in [0.717, 1.165) is 74.1 Å². The Morgan fingerprint density at radius 3 is 2.46 bits per heavy atom. The molecule has 46 heavy (non-hydrogen) atoms. The van der Waals surface area contributed by atoms with Crippen molar-refractivity contribution in [3.05, 3.63) is 160 Å². The van der Waals surface area contributed by atoms with Crippen LogP contribution < -0.4 is 26.0 Å². The molecule has 228 valence electrons. The molecule has 0 saturated carbocycles. The molecule has 2 aliphatic heterocycles. The van der Waals surface area contributed by atoms with Crippen LogP contribution in [-0.2, 0) is 6.42 Å². The van der Waals surface area contributed by atoms with Crippen molar-refractivity contribution in [1.82, 2.24) is 5.43 Å². The smallest absolute Gasteiger partial charge is 0.136 e. The van der Waals surface area contributed by atoms with Gasteiger partial charge in [0.25, 0.3) is 0 Å². The van der Waals surface area contributed by atoms with E-state index >= 15 is 0 Å². The lowest BCUT2D eigenvalue weighted by Gasteiger charge is -2.27. The van der Waals surface area contributed by atoms with E-state index in [9.17, 15) is 5.26 Å². The first-order valence-corrected chi connectivity index (χ1v) is 15.9. The number of allylic oxidation sites excluding steroid dienone is 7. The SMILES string of the molecule is C=C1/C=c2/oc3c(/c2=C/N(c2ccc(C4/C=C/C=C\C(C#N)=CN(NC)c5ccccc54)cc2)c2ccccc21)C=CCC3.CC. The number of nitrogens with one attached hydrogen (secondary N) is 1. The highest BCUT2D eigenvalue weighted by atomic mass is 16.3. The zero-order chi connectivity index (χ0) is 32.0. The number of nitriles is 1. The van der Waals surface area contributed by atoms with Gasteiger partial charge in [-0.05, 0) is 59.5 Å². The van der Waals surface area contributed by atoms with Crippen molar-refractivity contribution >= 4 is 41.0 Å². The number of benzene rings is 3. The molecule has 1 aliphatic carbocycles. The first-order valence-electron chi connectivity index (χ1n) is 15.9. The Morgan fingerprint density at radius 1 is 0.913 bits per heavy atom. The van der Waals surface area contributed by atoms with Gasteiger partial charge in [-0.2, -0.15) is 5.26 Å². The molecule has 1 aromatic heterocycles. The van der Waals surface area contributed by atoms with Crippen LogP contribution in [0.1, 0.15) is 54.2 Å². The molecule has 0 bridgehead atoms. The zero-order valence-electron chi connectivity index (χ0n) is 26.6. The molecule has 1 N–H and O–H groups in total. The average molecular weight is 603 g/mol. The Morgan fingerprint density at radius 2 is 1.67 bits per heavy atom. The van der Waals surface area contributed by atoms with Gasteiger partial charge in [0.05, 0.1) is 16.9 Å². The summed E-state index contributed by atoms with van der Waals surface area (Å²) in [5.74, 6) is 1.02. The number of hydrazine groups is 1. The molecule has 1 unspecified atom stereocenters. The minimum atomic E-state index is -0.00612. The van der Waals surface area contributed by atoms with E-state index < -0.39 is 0 Å². The number of para-hydroxylation sites is 2. The van der Waals surface area contributed by atoms with Gasteiger partial charge < -0.3 is 9.32 Å². The lowest BCUT2D eigenvalue weighted by Crippen LogP contribution is -2.31. The third-order valence-corrected chi connectivity index (χ3v) is 8.38. The topological polar surface area (TPSA) is 55.4 Å². The minimum absolute atomic E-state index is 0.00612. The van der Waals surface area contributed by atoms with Gasteiger partial charge in [-0.3, -0.25) is 5.01 Å². The predicted molar refractivity (Wildman–Crippen MR) is 191 cm³/mol. The highest BCUT2D eigenvalue weighted by molar-refractivity contribution is 5.95. The van der Waals surface area contributed by atoms with Crippen LogP contribution in [0.3, 0.4) is 0 Å². The maximum absolute atomic E-state index is 9.63. The van der Waals surface area contributed by atoms with Gasteiger partial charge in [0.15, 0.2) is 0 Å². The summed E-state index contributed by atoms with van der Waals surface area (Å²) in [5, 5.41) is 12.6. The van der Waals surface area contributed by atoms with Gasteiger partial charge in [0.1, 0.15) is 17.2 Å². The van der Waals surface area contributed by atoms with Crippen molar-refractivity contribution in [1.29, 1.82) is 5.26 Å². The molecule has 7 rings (SSSR count). The second kappa shape index (κ2) is 13.6. The summed E-state index contributed by atoms with van der Waals surface area (Å²) in [6, 6.07) is 27.8. The number of hydrogen-bond donors (Lipinski definition) is 1. The van der Waals surface area contributed by atoms with Crippen LogP contribution in [0, 0.1) is 11.3 Å². The van der Waals surface area contributed by atoms with Crippen LogP contribution in [-0.4, -0.2) is 7.05 Å². The Hall–Kier alpha value is -5.57. The minimum Gasteiger partial charge on any atom is -0.460 e. The standard InChI is InChI=1S/C39H32N4O.C2H6/c1-27-23-39-35(34-15-7-10-18-38(34)44-39)26-42(36-16-8-5-12-31(27)36)30-21-19-29(20-22-30)32-13-4-3-11-28(24-40)25-43(41-2)37-17-9-6-14-33(32)37;1-2/h3-9,11-17,19-23,25-26,32,41H,1,10,18H2,2H3;1-2H3/b11-3-,13-4+,28-25?,35-26-,39-23+;. The van der Waals surface area contributed by atoms with Crippen LogP contribution in [0.15, 0.2) is 126 Å². The molecule has 3 heterocycles. The highest BCUT2D eigenvalue weighted by Crippen LogP contribution is 2.38. The molecule has 0 saturated heterocycles. The fourth-order valence-corrected chi connectivity index (χ4v) is 6.20. The zero-order valence-corrected chi connectivity index (χ0v) is 26.6. The number of aryl methyl sites for hydroxylation is 1. The van der Waals surface area contributed by atoms with E-state index in [0.29, 0.717) is 5.57 Å². The van der Waals surface area contributed by atoms with E-state index in [1.54, 1.807) is 0 Å². The molecule has 5 nitrogen and oxygen atoms in total. The summed E-state index contributed by atoms with van der Waals surface area (Å²) in [6.07, 6.45) is 20.4. The highest BCUT2D eigenvalue weighted by Gasteiger charge is 2.21. The number of rotatable bonds is 3. The molecule has 3 aromatic carbocycles. The number of furan rings is 1. The Bertz CT molecular complexity index is 2050. The molecule has 0 fully saturated rings. The molecule has 5 heteroatoms. The summed E-state index contributed by atoms with van der Waals surface area (Å²) in [6.45, 7) is 8.42. The maximum Gasteiger partial charge on any atom is 0.136 e. The lowest BCUT2D eigenvalue weighted by molar-refractivity contribution is 0.479. The second-order valence-electron chi connectivity index (χ2n) is 11.0. The normalized spacial score (nSPS) is 19.3. The molecular weight excluding hydrogens is 564 g/mol. The van der Waals surface area contributed by atoms with Crippen LogP contribution in [0.25, 0.3) is 23.9 Å². The monoisotopic (exact) mass is 602 g/mol. The Labute approximate surface area is 271 Å². The first-order chi connectivity index (χ1) is 22.6. The van der Waals surface area contributed by atoms with Crippen molar-refractivity contribution < 1.29 is 4.42 Å². The first kappa shape index (κ1) is 30.5. The van der Waals surface area contributed by atoms with Gasteiger partial charge in [-0.1, -0.05) is 99.3 Å². The summed E-state index contributed by atoms with van der Waals surface area (Å²) in [5.41, 5.74) is 13.2. The molecule has 0 spiro atoms. The fourth-order valence-electron chi connectivity index (χ4n) is 6.20. The van der Waals surface area contributed by atoms with E-state index in [-0.39, 0.29) is 5.92 Å². The molecule has 0 amide bonds. The summed E-state index contributed by atoms with van der Waals surface area (Å²) in [7, 11) is 1.86. The summed E-state index contributed by atoms with van der Waals surface area (Å²) >= 11 is 0. The van der Waals surface area contributed by atoms with Crippen LogP contribution in [0.2, 0.25) is 0 Å². The Kier molecular flexibility index (Phi) is 9.01. The van der Waals surface area contributed by atoms with Gasteiger partial charge in [-0.15, -0.1) is 0 Å². The molecular formula is C41H38N4O. The van der Waals surface area contributed by atoms with E-state index in [1.807, 2.05) is 56.4 Å². The van der Waals surface area contributed by atoms with Gasteiger partial charge in [0.2, 0.25) is 0 Å². The van der Waals surface area contributed by atoms with Crippen molar-refractivity contribution in [2.24, 2.45) is 0 Å². The number of anilines is 3. The second-order valence-corrected chi connectivity index (χ2v) is 11.0. The number of nitrogens with zero attached hydrogens (tertiary/aromatic N) is 3. The molecule has 3 aliphatic rings. The largest absolute Gasteiger partial charge is 0.460 e. The maximum atomic E-state index is 9.63. The van der Waals surface area contributed by atoms with Crippen molar-refractivity contribution in [3.8, 4) is 6.07 Å². The molecule has 0 radical (unpaired) electrons. The average Bonchev–Trinajstić information content (AvgIpc) is 3.45. The molecule has 1 atom stereocenters. The van der Waals surface area contributed by atoms with Gasteiger partial charge in [0, 0.05) is 53.8 Å². The quantitative estimate of drug-likeness (QED) is 0.256. The van der Waals surface area contributed by atoms with Crippen LogP contribution >= 0.6 is 0 Å². The van der Waals surface area contributed by atoms with Gasteiger partial charge >= 0.3 is 0 Å². The van der Waals surface area contributed by atoms with E-state index in [2.05, 4.69) is 120 Å². The van der Waals surface area contributed by atoms with Crippen LogP contribution in [0.5, 0.6) is 0 Å². The Balaban J connectivity index is 0.00000182. The predicted octanol–water partition coefficient (Wildman–Crippen LogP) is 8.25. The number of hydrogen-bond acceptors (Lipinski definition) is 5. The fraction of sp³-hybridized carbons (Fsp3) is 0.146. The van der Waals surface area contributed by atoms with Crippen molar-refractivity contribution in [2.75, 3.05) is 17.0 Å². The third kappa shape index (κ3) is 5.79. The summed E-state index contributed by atoms with van der Waals surface area (Å²) < 4.78 is 6.37. The van der Waals surface area contributed by atoms with E-state index in [1.165, 1.54) is 0 Å². The van der Waals surface area contributed by atoms with E-state index in [4.69, 9.17) is 4.42 Å². The summed E-state index contributed by atoms with van der Waals surface area (Å²) in [4.78, 5) is 2.26. The van der Waals surface area contributed by atoms with Crippen molar-refractivity contribution in [3.63, 3.8) is 0 Å². The van der Waals surface area contributed by atoms with Crippen LogP contribution in [0.4, 0.5) is 17.1 Å². The molecule has 4 aromatic rings. The van der Waals surface area contributed by atoms with Gasteiger partial charge in [-0.25, -0.2) is 5.43 Å². The van der Waals surface area contributed by atoms with Crippen molar-refractivity contribution in [2.45, 2.75) is 32.6 Å². The third-order valence-electron chi connectivity index (χ3n) is 8.38. The lowest BCUT2D eigenvalue weighted by atomic mass is 9.89.